The minimum atomic E-state index is 0.404. The first-order valence-electron chi connectivity index (χ1n) is 7.46. The number of benzene rings is 2. The van der Waals surface area contributed by atoms with Crippen LogP contribution in [-0.2, 0) is 19.4 Å². The standard InChI is InChI=1S/C18H22N2/c19-13-15-8-9-16-7-4-10-20-18(17(16)11-15)12-14-5-2-1-3-6-14/h1-3,5-6,8-9,11,18,20H,4,7,10,12-13,19H2. The van der Waals surface area contributed by atoms with Crippen molar-refractivity contribution in [2.45, 2.75) is 31.8 Å². The highest BCUT2D eigenvalue weighted by Crippen LogP contribution is 2.26. The van der Waals surface area contributed by atoms with Crippen molar-refractivity contribution in [2.75, 3.05) is 6.54 Å². The highest BCUT2D eigenvalue weighted by molar-refractivity contribution is 5.36. The van der Waals surface area contributed by atoms with Gasteiger partial charge in [0, 0.05) is 12.6 Å². The van der Waals surface area contributed by atoms with Gasteiger partial charge in [0.2, 0.25) is 0 Å². The topological polar surface area (TPSA) is 38.0 Å². The number of nitrogens with one attached hydrogen (secondary N) is 1. The Morgan fingerprint density at radius 3 is 2.70 bits per heavy atom. The third-order valence-corrected chi connectivity index (χ3v) is 4.12. The van der Waals surface area contributed by atoms with E-state index in [1.807, 2.05) is 0 Å². The molecule has 1 aliphatic rings. The van der Waals surface area contributed by atoms with Gasteiger partial charge in [0.1, 0.15) is 0 Å². The highest BCUT2D eigenvalue weighted by Gasteiger charge is 2.18. The number of hydrogen-bond acceptors (Lipinski definition) is 2. The number of nitrogens with two attached hydrogens (primary N) is 1. The SMILES string of the molecule is NCc1ccc2c(c1)C(Cc1ccccc1)NCCC2. The molecule has 104 valence electrons. The number of fused-ring (bicyclic) bond motifs is 1. The average molecular weight is 266 g/mol. The molecule has 0 aliphatic carbocycles. The van der Waals surface area contributed by atoms with Crippen LogP contribution in [0.15, 0.2) is 48.5 Å². The Morgan fingerprint density at radius 2 is 1.90 bits per heavy atom. The molecule has 2 aromatic carbocycles. The molecule has 1 unspecified atom stereocenters. The van der Waals surface area contributed by atoms with E-state index in [0.717, 1.165) is 13.0 Å². The summed E-state index contributed by atoms with van der Waals surface area (Å²) < 4.78 is 0. The third kappa shape index (κ3) is 2.92. The molecule has 0 radical (unpaired) electrons. The predicted octanol–water partition coefficient (Wildman–Crippen LogP) is 2.96. The van der Waals surface area contributed by atoms with Crippen LogP contribution in [0.4, 0.5) is 0 Å². The van der Waals surface area contributed by atoms with Crippen molar-refractivity contribution < 1.29 is 0 Å². The summed E-state index contributed by atoms with van der Waals surface area (Å²) in [5, 5.41) is 3.70. The monoisotopic (exact) mass is 266 g/mol. The summed E-state index contributed by atoms with van der Waals surface area (Å²) in [4.78, 5) is 0. The molecule has 0 aromatic heterocycles. The Balaban J connectivity index is 1.91. The lowest BCUT2D eigenvalue weighted by Crippen LogP contribution is -2.23. The molecule has 1 aliphatic heterocycles. The molecular formula is C18H22N2. The van der Waals surface area contributed by atoms with Crippen molar-refractivity contribution in [3.05, 3.63) is 70.8 Å². The van der Waals surface area contributed by atoms with Crippen LogP contribution in [-0.4, -0.2) is 6.54 Å². The lowest BCUT2D eigenvalue weighted by molar-refractivity contribution is 0.539. The van der Waals surface area contributed by atoms with E-state index in [2.05, 4.69) is 53.8 Å². The van der Waals surface area contributed by atoms with Gasteiger partial charge in [-0.15, -0.1) is 0 Å². The first-order valence-corrected chi connectivity index (χ1v) is 7.46. The average Bonchev–Trinajstić information content (AvgIpc) is 2.70. The molecule has 0 fully saturated rings. The van der Waals surface area contributed by atoms with Gasteiger partial charge < -0.3 is 11.1 Å². The fraction of sp³-hybridized carbons (Fsp3) is 0.333. The molecule has 3 N–H and O–H groups in total. The minimum absolute atomic E-state index is 0.404. The van der Waals surface area contributed by atoms with Gasteiger partial charge in [0.15, 0.2) is 0 Å². The van der Waals surface area contributed by atoms with Crippen molar-refractivity contribution in [1.82, 2.24) is 5.32 Å². The minimum Gasteiger partial charge on any atom is -0.326 e. The van der Waals surface area contributed by atoms with E-state index in [1.54, 1.807) is 0 Å². The van der Waals surface area contributed by atoms with E-state index in [4.69, 9.17) is 5.73 Å². The van der Waals surface area contributed by atoms with E-state index < -0.39 is 0 Å². The van der Waals surface area contributed by atoms with Crippen molar-refractivity contribution in [2.24, 2.45) is 5.73 Å². The fourth-order valence-electron chi connectivity index (χ4n) is 3.02. The maximum absolute atomic E-state index is 5.80. The first kappa shape index (κ1) is 13.3. The second-order valence-corrected chi connectivity index (χ2v) is 5.54. The van der Waals surface area contributed by atoms with E-state index in [-0.39, 0.29) is 0 Å². The summed E-state index contributed by atoms with van der Waals surface area (Å²) in [6.45, 7) is 1.70. The van der Waals surface area contributed by atoms with Crippen LogP contribution in [0.3, 0.4) is 0 Å². The Hall–Kier alpha value is -1.64. The first-order chi connectivity index (χ1) is 9.86. The van der Waals surface area contributed by atoms with Gasteiger partial charge in [-0.25, -0.2) is 0 Å². The zero-order valence-electron chi connectivity index (χ0n) is 11.8. The third-order valence-electron chi connectivity index (χ3n) is 4.12. The van der Waals surface area contributed by atoms with Gasteiger partial charge in [-0.1, -0.05) is 48.5 Å². The van der Waals surface area contributed by atoms with E-state index in [0.29, 0.717) is 12.6 Å². The summed E-state index contributed by atoms with van der Waals surface area (Å²) in [5.41, 5.74) is 11.3. The maximum Gasteiger partial charge on any atom is 0.0363 e. The smallest absolute Gasteiger partial charge is 0.0363 e. The predicted molar refractivity (Wildman–Crippen MR) is 83.5 cm³/mol. The molecule has 2 heteroatoms. The van der Waals surface area contributed by atoms with Crippen molar-refractivity contribution in [3.8, 4) is 0 Å². The van der Waals surface area contributed by atoms with Gasteiger partial charge in [-0.3, -0.25) is 0 Å². The summed E-state index contributed by atoms with van der Waals surface area (Å²) >= 11 is 0. The van der Waals surface area contributed by atoms with Gasteiger partial charge in [0.05, 0.1) is 0 Å². The van der Waals surface area contributed by atoms with E-state index in [1.165, 1.54) is 35.1 Å². The molecule has 0 saturated carbocycles. The van der Waals surface area contributed by atoms with Crippen molar-refractivity contribution in [1.29, 1.82) is 0 Å². The van der Waals surface area contributed by atoms with Gasteiger partial charge in [-0.05, 0) is 48.1 Å². The summed E-state index contributed by atoms with van der Waals surface area (Å²) in [6, 6.07) is 17.9. The highest BCUT2D eigenvalue weighted by atomic mass is 14.9. The Labute approximate surface area is 121 Å². The Bertz CT molecular complexity index is 563. The number of hydrogen-bond donors (Lipinski definition) is 2. The van der Waals surface area contributed by atoms with Gasteiger partial charge >= 0.3 is 0 Å². The van der Waals surface area contributed by atoms with E-state index in [9.17, 15) is 0 Å². The zero-order chi connectivity index (χ0) is 13.8. The molecule has 20 heavy (non-hydrogen) atoms. The van der Waals surface area contributed by atoms with Crippen LogP contribution >= 0.6 is 0 Å². The Morgan fingerprint density at radius 1 is 1.05 bits per heavy atom. The number of rotatable bonds is 3. The molecule has 0 spiro atoms. The molecule has 1 heterocycles. The molecule has 0 amide bonds. The molecule has 2 nitrogen and oxygen atoms in total. The number of aryl methyl sites for hydroxylation is 1. The molecule has 0 saturated heterocycles. The van der Waals surface area contributed by atoms with Crippen LogP contribution in [0.5, 0.6) is 0 Å². The van der Waals surface area contributed by atoms with Crippen LogP contribution in [0.2, 0.25) is 0 Å². The summed E-state index contributed by atoms with van der Waals surface area (Å²) in [6.07, 6.45) is 3.42. The summed E-state index contributed by atoms with van der Waals surface area (Å²) in [5.74, 6) is 0. The zero-order valence-corrected chi connectivity index (χ0v) is 11.8. The summed E-state index contributed by atoms with van der Waals surface area (Å²) in [7, 11) is 0. The normalized spacial score (nSPS) is 18.4. The largest absolute Gasteiger partial charge is 0.326 e. The molecule has 2 aromatic rings. The Kier molecular flexibility index (Phi) is 4.14. The lowest BCUT2D eigenvalue weighted by Gasteiger charge is -2.20. The van der Waals surface area contributed by atoms with Crippen LogP contribution < -0.4 is 11.1 Å². The quantitative estimate of drug-likeness (QED) is 0.896. The van der Waals surface area contributed by atoms with Gasteiger partial charge in [-0.2, -0.15) is 0 Å². The molecular weight excluding hydrogens is 244 g/mol. The van der Waals surface area contributed by atoms with E-state index >= 15 is 0 Å². The van der Waals surface area contributed by atoms with Crippen molar-refractivity contribution >= 4 is 0 Å². The molecule has 3 rings (SSSR count). The second kappa shape index (κ2) is 6.21. The molecule has 0 bridgehead atoms. The van der Waals surface area contributed by atoms with Gasteiger partial charge in [0.25, 0.3) is 0 Å². The maximum atomic E-state index is 5.80. The fourth-order valence-corrected chi connectivity index (χ4v) is 3.02. The van der Waals surface area contributed by atoms with Crippen LogP contribution in [0.1, 0.15) is 34.7 Å². The second-order valence-electron chi connectivity index (χ2n) is 5.54. The lowest BCUT2D eigenvalue weighted by atomic mass is 9.92. The van der Waals surface area contributed by atoms with Crippen LogP contribution in [0, 0.1) is 0 Å². The van der Waals surface area contributed by atoms with Crippen LogP contribution in [0.25, 0.3) is 0 Å². The van der Waals surface area contributed by atoms with Crippen molar-refractivity contribution in [3.63, 3.8) is 0 Å². The molecule has 1 atom stereocenters.